The maximum Gasteiger partial charge on any atom is 0.337 e. The highest BCUT2D eigenvalue weighted by molar-refractivity contribution is 5.92. The zero-order valence-corrected chi connectivity index (χ0v) is 15.9. The van der Waals surface area contributed by atoms with Crippen LogP contribution in [0.25, 0.3) is 0 Å². The van der Waals surface area contributed by atoms with Crippen molar-refractivity contribution in [3.63, 3.8) is 0 Å². The van der Waals surface area contributed by atoms with E-state index in [-0.39, 0.29) is 11.6 Å². The van der Waals surface area contributed by atoms with Crippen LogP contribution in [0.5, 0.6) is 0 Å². The molecule has 0 saturated heterocycles. The van der Waals surface area contributed by atoms with Crippen LogP contribution in [-0.4, -0.2) is 35.7 Å². The van der Waals surface area contributed by atoms with E-state index in [0.717, 1.165) is 19.3 Å². The van der Waals surface area contributed by atoms with E-state index >= 15 is 0 Å². The van der Waals surface area contributed by atoms with Crippen LogP contribution in [0.2, 0.25) is 0 Å². The minimum Gasteiger partial charge on any atom is -0.465 e. The average molecular weight is 380 g/mol. The van der Waals surface area contributed by atoms with E-state index in [9.17, 15) is 9.59 Å². The Hall–Kier alpha value is -3.22. The summed E-state index contributed by atoms with van der Waals surface area (Å²) in [6.45, 7) is 0.604. The maximum absolute atomic E-state index is 12.2. The molecule has 7 heteroatoms. The predicted octanol–water partition coefficient (Wildman–Crippen LogP) is 3.63. The van der Waals surface area contributed by atoms with Gasteiger partial charge in [-0.25, -0.2) is 4.79 Å². The molecule has 146 valence electrons. The van der Waals surface area contributed by atoms with Crippen molar-refractivity contribution in [1.29, 1.82) is 0 Å². The van der Waals surface area contributed by atoms with Crippen LogP contribution in [0.1, 0.15) is 53.0 Å². The molecule has 0 fully saturated rings. The molecule has 1 aromatic carbocycles. The molecule has 2 N–H and O–H groups in total. The van der Waals surface area contributed by atoms with E-state index in [4.69, 9.17) is 4.74 Å². The fraction of sp³-hybridized carbons (Fsp3) is 0.333. The summed E-state index contributed by atoms with van der Waals surface area (Å²) in [5, 5.41) is 14.0. The number of carbonyl (C=O) groups is 2. The Morgan fingerprint density at radius 3 is 2.75 bits per heavy atom. The van der Waals surface area contributed by atoms with Crippen molar-refractivity contribution >= 4 is 23.4 Å². The summed E-state index contributed by atoms with van der Waals surface area (Å²) < 4.78 is 4.71. The van der Waals surface area contributed by atoms with Gasteiger partial charge in [0.05, 0.1) is 12.7 Å². The largest absolute Gasteiger partial charge is 0.465 e. The number of anilines is 2. The molecular weight excluding hydrogens is 356 g/mol. The lowest BCUT2D eigenvalue weighted by Crippen LogP contribution is -2.26. The zero-order chi connectivity index (χ0) is 19.8. The highest BCUT2D eigenvalue weighted by Crippen LogP contribution is 2.19. The number of methoxy groups -OCH3 is 1. The number of amides is 1. The summed E-state index contributed by atoms with van der Waals surface area (Å²) in [4.78, 5) is 23.8. The number of hydrogen-bond acceptors (Lipinski definition) is 6. The van der Waals surface area contributed by atoms with Crippen LogP contribution >= 0.6 is 0 Å². The molecule has 1 amide bonds. The third-order valence-electron chi connectivity index (χ3n) is 4.57. The van der Waals surface area contributed by atoms with Gasteiger partial charge in [-0.3, -0.25) is 4.79 Å². The van der Waals surface area contributed by atoms with Gasteiger partial charge in [-0.1, -0.05) is 17.7 Å². The Bertz CT molecular complexity index is 862. The van der Waals surface area contributed by atoms with Gasteiger partial charge >= 0.3 is 5.97 Å². The van der Waals surface area contributed by atoms with Crippen molar-refractivity contribution in [3.05, 3.63) is 59.3 Å². The molecule has 0 radical (unpaired) electrons. The molecular formula is C21H24N4O3. The SMILES string of the molecule is COC(=O)c1cccc(Nc2ccc(C(=O)NCCC3=CCCCC3)nn2)c1. The second kappa shape index (κ2) is 9.64. The number of esters is 1. The van der Waals surface area contributed by atoms with Crippen LogP contribution in [0.4, 0.5) is 11.5 Å². The van der Waals surface area contributed by atoms with Crippen LogP contribution < -0.4 is 10.6 Å². The Labute approximate surface area is 164 Å². The molecule has 1 aliphatic rings. The molecule has 3 rings (SSSR count). The molecule has 0 atom stereocenters. The minimum absolute atomic E-state index is 0.233. The first-order chi connectivity index (χ1) is 13.7. The smallest absolute Gasteiger partial charge is 0.337 e. The first-order valence-electron chi connectivity index (χ1n) is 9.41. The van der Waals surface area contributed by atoms with Crippen molar-refractivity contribution < 1.29 is 14.3 Å². The summed E-state index contributed by atoms with van der Waals surface area (Å²) in [5.41, 5.74) is 2.80. The number of ether oxygens (including phenoxy) is 1. The average Bonchev–Trinajstić information content (AvgIpc) is 2.74. The van der Waals surface area contributed by atoms with Crippen molar-refractivity contribution in [3.8, 4) is 0 Å². The van der Waals surface area contributed by atoms with Gasteiger partial charge in [0.2, 0.25) is 0 Å². The molecule has 28 heavy (non-hydrogen) atoms. The van der Waals surface area contributed by atoms with E-state index in [1.165, 1.54) is 25.5 Å². The van der Waals surface area contributed by atoms with E-state index in [1.54, 1.807) is 36.4 Å². The van der Waals surface area contributed by atoms with Gasteiger partial charge in [-0.15, -0.1) is 10.2 Å². The van der Waals surface area contributed by atoms with Crippen molar-refractivity contribution in [2.45, 2.75) is 32.1 Å². The third kappa shape index (κ3) is 5.39. The van der Waals surface area contributed by atoms with Crippen LogP contribution in [0.3, 0.4) is 0 Å². The number of benzene rings is 1. The maximum atomic E-state index is 12.2. The Kier molecular flexibility index (Phi) is 6.73. The summed E-state index contributed by atoms with van der Waals surface area (Å²) in [6.07, 6.45) is 7.94. The molecule has 0 spiro atoms. The topological polar surface area (TPSA) is 93.2 Å². The summed E-state index contributed by atoms with van der Waals surface area (Å²) in [5.74, 6) is -0.167. The van der Waals surface area contributed by atoms with Crippen LogP contribution in [-0.2, 0) is 4.74 Å². The summed E-state index contributed by atoms with van der Waals surface area (Å²) >= 11 is 0. The number of carbonyl (C=O) groups excluding carboxylic acids is 2. The molecule has 1 aliphatic carbocycles. The normalized spacial score (nSPS) is 13.4. The highest BCUT2D eigenvalue weighted by atomic mass is 16.5. The molecule has 0 aliphatic heterocycles. The lowest BCUT2D eigenvalue weighted by atomic mass is 9.97. The van der Waals surface area contributed by atoms with E-state index < -0.39 is 5.97 Å². The zero-order valence-electron chi connectivity index (χ0n) is 15.9. The number of nitrogens with zero attached hydrogens (tertiary/aromatic N) is 2. The quantitative estimate of drug-likeness (QED) is 0.563. The van der Waals surface area contributed by atoms with Gasteiger partial charge in [0, 0.05) is 12.2 Å². The molecule has 0 unspecified atom stereocenters. The van der Waals surface area contributed by atoms with Crippen LogP contribution in [0.15, 0.2) is 48.0 Å². The van der Waals surface area contributed by atoms with E-state index in [1.807, 2.05) is 0 Å². The van der Waals surface area contributed by atoms with Crippen molar-refractivity contribution in [2.75, 3.05) is 19.0 Å². The molecule has 0 bridgehead atoms. The Balaban J connectivity index is 1.53. The molecule has 2 aromatic rings. The first kappa shape index (κ1) is 19.5. The second-order valence-corrected chi connectivity index (χ2v) is 6.62. The Morgan fingerprint density at radius 2 is 2.04 bits per heavy atom. The van der Waals surface area contributed by atoms with Crippen molar-refractivity contribution in [2.24, 2.45) is 0 Å². The monoisotopic (exact) mass is 380 g/mol. The fourth-order valence-corrected chi connectivity index (χ4v) is 3.07. The van der Waals surface area contributed by atoms with Gasteiger partial charge < -0.3 is 15.4 Å². The van der Waals surface area contributed by atoms with Crippen molar-refractivity contribution in [1.82, 2.24) is 15.5 Å². The minimum atomic E-state index is -0.411. The van der Waals surface area contributed by atoms with Gasteiger partial charge in [0.1, 0.15) is 0 Å². The summed E-state index contributed by atoms with van der Waals surface area (Å²) in [6, 6.07) is 10.2. The van der Waals surface area contributed by atoms with E-state index in [2.05, 4.69) is 26.9 Å². The first-order valence-corrected chi connectivity index (χ1v) is 9.41. The lowest BCUT2D eigenvalue weighted by molar-refractivity contribution is 0.0600. The molecule has 1 heterocycles. The molecule has 7 nitrogen and oxygen atoms in total. The summed E-state index contributed by atoms with van der Waals surface area (Å²) in [7, 11) is 1.34. The van der Waals surface area contributed by atoms with E-state index in [0.29, 0.717) is 23.6 Å². The fourth-order valence-electron chi connectivity index (χ4n) is 3.07. The lowest BCUT2D eigenvalue weighted by Gasteiger charge is -2.12. The predicted molar refractivity (Wildman–Crippen MR) is 107 cm³/mol. The number of rotatable bonds is 7. The number of allylic oxidation sites excluding steroid dienone is 1. The third-order valence-corrected chi connectivity index (χ3v) is 4.57. The standard InChI is InChI=1S/C21H24N4O3/c1-28-21(27)16-8-5-9-17(14-16)23-19-11-10-18(24-25-19)20(26)22-13-12-15-6-3-2-4-7-15/h5-6,8-11,14H,2-4,7,12-13H2,1H3,(H,22,26)(H,23,25). The second-order valence-electron chi connectivity index (χ2n) is 6.62. The van der Waals surface area contributed by atoms with Gasteiger partial charge in [0.15, 0.2) is 11.5 Å². The highest BCUT2D eigenvalue weighted by Gasteiger charge is 2.10. The van der Waals surface area contributed by atoms with Gasteiger partial charge in [0.25, 0.3) is 5.91 Å². The van der Waals surface area contributed by atoms with Crippen LogP contribution in [0, 0.1) is 0 Å². The molecule has 0 saturated carbocycles. The van der Waals surface area contributed by atoms with Gasteiger partial charge in [-0.05, 0) is 62.4 Å². The number of nitrogens with one attached hydrogen (secondary N) is 2. The Morgan fingerprint density at radius 1 is 1.14 bits per heavy atom. The number of hydrogen-bond donors (Lipinski definition) is 2. The number of aromatic nitrogens is 2. The van der Waals surface area contributed by atoms with Gasteiger partial charge in [-0.2, -0.15) is 0 Å². The molecule has 1 aromatic heterocycles.